The molecule has 4 nitrogen and oxygen atoms in total. The van der Waals surface area contributed by atoms with Gasteiger partial charge < -0.3 is 18.9 Å². The highest BCUT2D eigenvalue weighted by Crippen LogP contribution is 2.34. The van der Waals surface area contributed by atoms with Crippen molar-refractivity contribution in [2.45, 2.75) is 37.9 Å². The van der Waals surface area contributed by atoms with Crippen LogP contribution in [0.25, 0.3) is 0 Å². The molecule has 2 rings (SSSR count). The van der Waals surface area contributed by atoms with Crippen LogP contribution in [0.1, 0.15) is 18.9 Å². The van der Waals surface area contributed by atoms with Crippen LogP contribution in [0.5, 0.6) is 5.75 Å². The molecule has 1 aliphatic heterocycles. The molecule has 22 heavy (non-hydrogen) atoms. The smallest absolute Gasteiger partial charge is 0.169 e. The standard InChI is InChI=1S/C18H24O4/c1-6-16-17(13(2)11-18(3,20-5)22-16)21-12-14-7-9-15(19-4)10-8-14/h6-10,16-17H,1-2,11-12H2,3-5H3/t16-,17+,18+/m1/s1. The molecule has 0 saturated carbocycles. The molecule has 0 aromatic heterocycles. The summed E-state index contributed by atoms with van der Waals surface area (Å²) >= 11 is 0. The first-order valence-electron chi connectivity index (χ1n) is 7.29. The third-order valence-corrected chi connectivity index (χ3v) is 3.89. The van der Waals surface area contributed by atoms with Crippen LogP contribution in [0, 0.1) is 0 Å². The van der Waals surface area contributed by atoms with Crippen molar-refractivity contribution in [2.75, 3.05) is 14.2 Å². The quantitative estimate of drug-likeness (QED) is 0.754. The lowest BCUT2D eigenvalue weighted by atomic mass is 9.94. The van der Waals surface area contributed by atoms with Gasteiger partial charge in [0, 0.05) is 13.5 Å². The lowest BCUT2D eigenvalue weighted by molar-refractivity contribution is -0.258. The zero-order valence-electron chi connectivity index (χ0n) is 13.5. The maximum atomic E-state index is 6.00. The summed E-state index contributed by atoms with van der Waals surface area (Å²) in [6.45, 7) is 10.3. The lowest BCUT2D eigenvalue weighted by Crippen LogP contribution is -2.47. The third-order valence-electron chi connectivity index (χ3n) is 3.89. The maximum absolute atomic E-state index is 6.00. The molecule has 4 heteroatoms. The van der Waals surface area contributed by atoms with Crippen LogP contribution in [0.3, 0.4) is 0 Å². The van der Waals surface area contributed by atoms with E-state index in [-0.39, 0.29) is 12.2 Å². The van der Waals surface area contributed by atoms with E-state index in [4.69, 9.17) is 18.9 Å². The van der Waals surface area contributed by atoms with Gasteiger partial charge in [0.15, 0.2) is 5.79 Å². The molecule has 0 N–H and O–H groups in total. The van der Waals surface area contributed by atoms with Gasteiger partial charge >= 0.3 is 0 Å². The van der Waals surface area contributed by atoms with E-state index in [1.165, 1.54) is 0 Å². The van der Waals surface area contributed by atoms with Crippen molar-refractivity contribution in [2.24, 2.45) is 0 Å². The van der Waals surface area contributed by atoms with Crippen LogP contribution >= 0.6 is 0 Å². The maximum Gasteiger partial charge on any atom is 0.169 e. The molecule has 1 heterocycles. The summed E-state index contributed by atoms with van der Waals surface area (Å²) in [4.78, 5) is 0. The fourth-order valence-corrected chi connectivity index (χ4v) is 2.55. The molecule has 0 aliphatic carbocycles. The van der Waals surface area contributed by atoms with E-state index in [1.807, 2.05) is 31.2 Å². The minimum Gasteiger partial charge on any atom is -0.497 e. The minimum atomic E-state index is -0.671. The molecular formula is C18H24O4. The Morgan fingerprint density at radius 2 is 2.00 bits per heavy atom. The first-order chi connectivity index (χ1) is 10.5. The summed E-state index contributed by atoms with van der Waals surface area (Å²) in [6, 6.07) is 7.79. The van der Waals surface area contributed by atoms with Crippen LogP contribution in [-0.4, -0.2) is 32.2 Å². The number of methoxy groups -OCH3 is 2. The van der Waals surface area contributed by atoms with E-state index in [1.54, 1.807) is 20.3 Å². The number of hydrogen-bond donors (Lipinski definition) is 0. The SMILES string of the molecule is C=C[C@H]1O[C@](C)(OC)CC(=C)[C@@H]1OCc1ccc(OC)cc1. The zero-order valence-corrected chi connectivity index (χ0v) is 13.5. The Labute approximate surface area is 132 Å². The van der Waals surface area contributed by atoms with E-state index >= 15 is 0 Å². The lowest BCUT2D eigenvalue weighted by Gasteiger charge is -2.42. The van der Waals surface area contributed by atoms with Crippen molar-refractivity contribution < 1.29 is 18.9 Å². The van der Waals surface area contributed by atoms with E-state index in [2.05, 4.69) is 13.2 Å². The van der Waals surface area contributed by atoms with E-state index < -0.39 is 5.79 Å². The van der Waals surface area contributed by atoms with Gasteiger partial charge in [-0.05, 0) is 30.2 Å². The highest BCUT2D eigenvalue weighted by atomic mass is 16.7. The van der Waals surface area contributed by atoms with Gasteiger partial charge in [-0.3, -0.25) is 0 Å². The first kappa shape index (κ1) is 16.7. The highest BCUT2D eigenvalue weighted by molar-refractivity contribution is 5.27. The van der Waals surface area contributed by atoms with Gasteiger partial charge in [0.2, 0.25) is 0 Å². The van der Waals surface area contributed by atoms with Crippen molar-refractivity contribution in [3.05, 3.63) is 54.6 Å². The third kappa shape index (κ3) is 3.77. The van der Waals surface area contributed by atoms with E-state index in [0.29, 0.717) is 13.0 Å². The van der Waals surface area contributed by atoms with Crippen molar-refractivity contribution in [3.63, 3.8) is 0 Å². The van der Waals surface area contributed by atoms with Gasteiger partial charge in [0.1, 0.15) is 18.0 Å². The molecular weight excluding hydrogens is 280 g/mol. The molecule has 3 atom stereocenters. The molecule has 1 aromatic carbocycles. The van der Waals surface area contributed by atoms with Crippen molar-refractivity contribution in [1.29, 1.82) is 0 Å². The molecule has 0 amide bonds. The normalized spacial score (nSPS) is 28.4. The van der Waals surface area contributed by atoms with Gasteiger partial charge in [-0.15, -0.1) is 6.58 Å². The fourth-order valence-electron chi connectivity index (χ4n) is 2.55. The summed E-state index contributed by atoms with van der Waals surface area (Å²) in [7, 11) is 3.28. The van der Waals surface area contributed by atoms with Crippen LogP contribution in [0.15, 0.2) is 49.1 Å². The molecule has 1 fully saturated rings. The molecule has 1 aromatic rings. The van der Waals surface area contributed by atoms with Gasteiger partial charge in [0.05, 0.1) is 13.7 Å². The largest absolute Gasteiger partial charge is 0.497 e. The number of benzene rings is 1. The molecule has 0 unspecified atom stereocenters. The monoisotopic (exact) mass is 304 g/mol. The van der Waals surface area contributed by atoms with Crippen LogP contribution in [0.4, 0.5) is 0 Å². The topological polar surface area (TPSA) is 36.9 Å². The molecule has 120 valence electrons. The molecule has 1 aliphatic rings. The Morgan fingerprint density at radius 3 is 2.55 bits per heavy atom. The average Bonchev–Trinajstić information content (AvgIpc) is 2.54. The van der Waals surface area contributed by atoms with Gasteiger partial charge in [-0.1, -0.05) is 24.8 Å². The predicted molar refractivity (Wildman–Crippen MR) is 85.8 cm³/mol. The van der Waals surface area contributed by atoms with Gasteiger partial charge in [-0.2, -0.15) is 0 Å². The van der Waals surface area contributed by atoms with E-state index in [0.717, 1.165) is 16.9 Å². The second kappa shape index (κ2) is 7.09. The Kier molecular flexibility index (Phi) is 5.40. The predicted octanol–water partition coefficient (Wildman–Crippen LogP) is 3.47. The zero-order chi connectivity index (χ0) is 16.2. The second-order valence-electron chi connectivity index (χ2n) is 5.57. The van der Waals surface area contributed by atoms with Crippen molar-refractivity contribution in [1.82, 2.24) is 0 Å². The van der Waals surface area contributed by atoms with Crippen molar-refractivity contribution >= 4 is 0 Å². The summed E-state index contributed by atoms with van der Waals surface area (Å²) in [5.41, 5.74) is 2.02. The Bertz CT molecular complexity index is 522. The summed E-state index contributed by atoms with van der Waals surface area (Å²) in [6.07, 6.45) is 1.84. The Balaban J connectivity index is 2.01. The average molecular weight is 304 g/mol. The van der Waals surface area contributed by atoms with Crippen LogP contribution in [0.2, 0.25) is 0 Å². The molecule has 0 bridgehead atoms. The minimum absolute atomic E-state index is 0.220. The Hall–Kier alpha value is -1.62. The summed E-state index contributed by atoms with van der Waals surface area (Å²) in [5, 5.41) is 0. The number of ether oxygens (including phenoxy) is 4. The first-order valence-corrected chi connectivity index (χ1v) is 7.29. The molecule has 0 radical (unpaired) electrons. The fraction of sp³-hybridized carbons (Fsp3) is 0.444. The summed E-state index contributed by atoms with van der Waals surface area (Å²) in [5.74, 6) is 0.157. The number of hydrogen-bond acceptors (Lipinski definition) is 4. The van der Waals surface area contributed by atoms with Crippen molar-refractivity contribution in [3.8, 4) is 5.75 Å². The second-order valence-corrected chi connectivity index (χ2v) is 5.57. The Morgan fingerprint density at radius 1 is 1.32 bits per heavy atom. The van der Waals surface area contributed by atoms with Crippen LogP contribution < -0.4 is 4.74 Å². The number of rotatable bonds is 6. The van der Waals surface area contributed by atoms with Gasteiger partial charge in [0.25, 0.3) is 0 Å². The van der Waals surface area contributed by atoms with Gasteiger partial charge in [-0.25, -0.2) is 0 Å². The summed E-state index contributed by atoms with van der Waals surface area (Å²) < 4.78 is 22.5. The van der Waals surface area contributed by atoms with E-state index in [9.17, 15) is 0 Å². The van der Waals surface area contributed by atoms with Crippen LogP contribution in [-0.2, 0) is 20.8 Å². The molecule has 1 saturated heterocycles. The molecule has 0 spiro atoms. The highest BCUT2D eigenvalue weighted by Gasteiger charge is 2.40.